The van der Waals surface area contributed by atoms with Crippen LogP contribution in [0.1, 0.15) is 10.4 Å². The monoisotopic (exact) mass is 392 g/mol. The summed E-state index contributed by atoms with van der Waals surface area (Å²) in [5, 5.41) is 20.5. The lowest BCUT2D eigenvalue weighted by Crippen LogP contribution is -2.15. The fourth-order valence-corrected chi connectivity index (χ4v) is 3.15. The second-order valence-electron chi connectivity index (χ2n) is 5.09. The maximum atomic E-state index is 12.2. The maximum Gasteiger partial charge on any atom is 0.339 e. The molecule has 2 aromatic heterocycles. The van der Waals surface area contributed by atoms with Gasteiger partial charge in [0.2, 0.25) is 5.91 Å². The van der Waals surface area contributed by atoms with Crippen LogP contribution in [-0.2, 0) is 4.79 Å². The van der Waals surface area contributed by atoms with Gasteiger partial charge in [0.05, 0.1) is 23.6 Å². The summed E-state index contributed by atoms with van der Waals surface area (Å²) in [6.07, 6.45) is 1.81. The zero-order chi connectivity index (χ0) is 18.7. The van der Waals surface area contributed by atoms with Gasteiger partial charge in [-0.05, 0) is 18.2 Å². The van der Waals surface area contributed by atoms with E-state index in [9.17, 15) is 9.59 Å². The molecule has 0 fully saturated rings. The Labute approximate surface area is 157 Å². The molecule has 0 spiro atoms. The van der Waals surface area contributed by atoms with E-state index in [0.717, 1.165) is 0 Å². The number of ether oxygens (including phenoxy) is 1. The van der Waals surface area contributed by atoms with Crippen LogP contribution in [-0.4, -0.2) is 44.4 Å². The molecule has 1 aromatic carbocycles. The van der Waals surface area contributed by atoms with Crippen molar-refractivity contribution < 1.29 is 19.4 Å². The molecule has 2 heterocycles. The summed E-state index contributed by atoms with van der Waals surface area (Å²) >= 11 is 7.27. The van der Waals surface area contributed by atoms with E-state index in [4.69, 9.17) is 21.4 Å². The Morgan fingerprint density at radius 2 is 2.15 bits per heavy atom. The van der Waals surface area contributed by atoms with E-state index in [2.05, 4.69) is 15.5 Å². The Kier molecular flexibility index (Phi) is 5.29. The standard InChI is InChI=1S/C16H13ClN4O4S/c1-25-12-7-11(10(17)6-9(12)15(23)24)18-14(22)8-26-16-20-19-13-4-2-3-5-21(13)16/h2-7H,8H2,1H3,(H,18,22)(H,23,24). The van der Waals surface area contributed by atoms with Crippen molar-refractivity contribution in [2.75, 3.05) is 18.2 Å². The molecule has 0 bridgehead atoms. The highest BCUT2D eigenvalue weighted by atomic mass is 35.5. The van der Waals surface area contributed by atoms with E-state index in [1.54, 1.807) is 4.40 Å². The summed E-state index contributed by atoms with van der Waals surface area (Å²) in [7, 11) is 1.34. The highest BCUT2D eigenvalue weighted by Crippen LogP contribution is 2.31. The minimum absolute atomic E-state index is 0.0784. The number of aromatic nitrogens is 3. The second-order valence-corrected chi connectivity index (χ2v) is 6.44. The predicted octanol–water partition coefficient (Wildman–Crippen LogP) is 2.82. The molecule has 0 unspecified atom stereocenters. The van der Waals surface area contributed by atoms with Crippen LogP contribution in [0, 0.1) is 0 Å². The molecule has 10 heteroatoms. The number of pyridine rings is 1. The van der Waals surface area contributed by atoms with E-state index in [1.807, 2.05) is 24.4 Å². The SMILES string of the molecule is COc1cc(NC(=O)CSc2nnc3ccccn23)c(Cl)cc1C(=O)O. The molecule has 0 aliphatic rings. The van der Waals surface area contributed by atoms with Crippen LogP contribution in [0.3, 0.4) is 0 Å². The lowest BCUT2D eigenvalue weighted by atomic mass is 10.2. The first-order valence-corrected chi connectivity index (χ1v) is 8.69. The van der Waals surface area contributed by atoms with Gasteiger partial charge < -0.3 is 15.2 Å². The topological polar surface area (TPSA) is 106 Å². The number of carboxylic acid groups (broad SMARTS) is 1. The van der Waals surface area contributed by atoms with Crippen molar-refractivity contribution in [2.24, 2.45) is 0 Å². The number of rotatable bonds is 6. The molecule has 134 valence electrons. The number of halogens is 1. The number of carbonyl (C=O) groups is 2. The molecule has 1 amide bonds. The van der Waals surface area contributed by atoms with Crippen molar-refractivity contribution in [1.82, 2.24) is 14.6 Å². The third-order valence-corrected chi connectivity index (χ3v) is 4.66. The van der Waals surface area contributed by atoms with Crippen LogP contribution in [0.5, 0.6) is 5.75 Å². The summed E-state index contributed by atoms with van der Waals surface area (Å²) in [4.78, 5) is 23.4. The van der Waals surface area contributed by atoms with Gasteiger partial charge >= 0.3 is 5.97 Å². The number of anilines is 1. The van der Waals surface area contributed by atoms with E-state index in [1.165, 1.54) is 31.0 Å². The van der Waals surface area contributed by atoms with Crippen LogP contribution in [0.4, 0.5) is 5.69 Å². The average Bonchev–Trinajstić information content (AvgIpc) is 3.04. The van der Waals surface area contributed by atoms with Gasteiger partial charge in [-0.2, -0.15) is 0 Å². The first-order valence-electron chi connectivity index (χ1n) is 7.33. The van der Waals surface area contributed by atoms with Crippen molar-refractivity contribution >= 4 is 46.6 Å². The lowest BCUT2D eigenvalue weighted by Gasteiger charge is -2.11. The molecule has 0 radical (unpaired) electrons. The van der Waals surface area contributed by atoms with E-state index < -0.39 is 5.97 Å². The van der Waals surface area contributed by atoms with Crippen LogP contribution in [0.15, 0.2) is 41.7 Å². The second kappa shape index (κ2) is 7.63. The molecule has 3 rings (SSSR count). The first-order chi connectivity index (χ1) is 12.5. The van der Waals surface area contributed by atoms with Gasteiger partial charge in [-0.3, -0.25) is 9.20 Å². The number of carbonyl (C=O) groups excluding carboxylic acids is 1. The summed E-state index contributed by atoms with van der Waals surface area (Å²) in [5.74, 6) is -1.31. The lowest BCUT2D eigenvalue weighted by molar-refractivity contribution is -0.113. The average molecular weight is 393 g/mol. The number of thioether (sulfide) groups is 1. The minimum Gasteiger partial charge on any atom is -0.496 e. The predicted molar refractivity (Wildman–Crippen MR) is 97.3 cm³/mol. The van der Waals surface area contributed by atoms with Crippen molar-refractivity contribution in [3.63, 3.8) is 0 Å². The molecule has 0 saturated heterocycles. The van der Waals surface area contributed by atoms with Gasteiger partial charge in [0.25, 0.3) is 0 Å². The number of nitrogens with one attached hydrogen (secondary N) is 1. The number of benzene rings is 1. The molecule has 2 N–H and O–H groups in total. The normalized spacial score (nSPS) is 10.7. The first kappa shape index (κ1) is 18.0. The number of aromatic carboxylic acids is 1. The summed E-state index contributed by atoms with van der Waals surface area (Å²) in [6.45, 7) is 0. The number of hydrogen-bond donors (Lipinski definition) is 2. The zero-order valence-electron chi connectivity index (χ0n) is 13.5. The van der Waals surface area contributed by atoms with Crippen molar-refractivity contribution in [2.45, 2.75) is 5.16 Å². The van der Waals surface area contributed by atoms with E-state index in [-0.39, 0.29) is 33.7 Å². The number of carboxylic acids is 1. The Morgan fingerprint density at radius 1 is 1.35 bits per heavy atom. The summed E-state index contributed by atoms with van der Waals surface area (Å²) < 4.78 is 6.81. The van der Waals surface area contributed by atoms with Crippen molar-refractivity contribution in [3.05, 3.63) is 47.1 Å². The molecule has 26 heavy (non-hydrogen) atoms. The Hall–Kier alpha value is -2.78. The summed E-state index contributed by atoms with van der Waals surface area (Å²) in [6, 6.07) is 8.11. The molecule has 0 atom stereocenters. The van der Waals surface area contributed by atoms with Crippen molar-refractivity contribution in [1.29, 1.82) is 0 Å². The minimum atomic E-state index is -1.17. The van der Waals surface area contributed by atoms with Gasteiger partial charge in [-0.1, -0.05) is 29.4 Å². The maximum absolute atomic E-state index is 12.2. The van der Waals surface area contributed by atoms with Gasteiger partial charge in [0.15, 0.2) is 10.8 Å². The molecule has 0 saturated carbocycles. The Balaban J connectivity index is 1.71. The molecule has 0 aliphatic carbocycles. The Bertz CT molecular complexity index is 992. The summed E-state index contributed by atoms with van der Waals surface area (Å²) in [5.41, 5.74) is 0.873. The van der Waals surface area contributed by atoms with Crippen LogP contribution in [0.25, 0.3) is 5.65 Å². The molecular weight excluding hydrogens is 380 g/mol. The fourth-order valence-electron chi connectivity index (χ4n) is 2.22. The largest absolute Gasteiger partial charge is 0.496 e. The smallest absolute Gasteiger partial charge is 0.339 e. The number of nitrogens with zero attached hydrogens (tertiary/aromatic N) is 3. The van der Waals surface area contributed by atoms with E-state index >= 15 is 0 Å². The molecule has 0 aliphatic heterocycles. The van der Waals surface area contributed by atoms with Crippen LogP contribution < -0.4 is 10.1 Å². The fraction of sp³-hybridized carbons (Fsp3) is 0.125. The number of hydrogen-bond acceptors (Lipinski definition) is 6. The van der Waals surface area contributed by atoms with Crippen molar-refractivity contribution in [3.8, 4) is 5.75 Å². The third kappa shape index (κ3) is 3.73. The van der Waals surface area contributed by atoms with Gasteiger partial charge in [0, 0.05) is 12.3 Å². The zero-order valence-corrected chi connectivity index (χ0v) is 15.0. The number of amides is 1. The number of methoxy groups -OCH3 is 1. The molecular formula is C16H13ClN4O4S. The highest BCUT2D eigenvalue weighted by molar-refractivity contribution is 7.99. The highest BCUT2D eigenvalue weighted by Gasteiger charge is 2.17. The quantitative estimate of drug-likeness (QED) is 0.621. The molecule has 8 nitrogen and oxygen atoms in total. The van der Waals surface area contributed by atoms with Gasteiger partial charge in [-0.15, -0.1) is 10.2 Å². The third-order valence-electron chi connectivity index (χ3n) is 3.41. The van der Waals surface area contributed by atoms with E-state index in [0.29, 0.717) is 10.8 Å². The number of fused-ring (bicyclic) bond motifs is 1. The van der Waals surface area contributed by atoms with Crippen LogP contribution in [0.2, 0.25) is 5.02 Å². The Morgan fingerprint density at radius 3 is 2.88 bits per heavy atom. The van der Waals surface area contributed by atoms with Gasteiger partial charge in [0.1, 0.15) is 11.3 Å². The van der Waals surface area contributed by atoms with Gasteiger partial charge in [-0.25, -0.2) is 4.79 Å². The van der Waals surface area contributed by atoms with Crippen LogP contribution >= 0.6 is 23.4 Å². The molecule has 3 aromatic rings.